The highest BCUT2D eigenvalue weighted by Gasteiger charge is 2.35. The number of rotatable bonds is 1. The van der Waals surface area contributed by atoms with E-state index in [-0.39, 0.29) is 11.3 Å². The summed E-state index contributed by atoms with van der Waals surface area (Å²) in [7, 11) is 0. The lowest BCUT2D eigenvalue weighted by Crippen LogP contribution is -2.13. The number of terminal acetylenes is 1. The molecule has 0 unspecified atom stereocenters. The van der Waals surface area contributed by atoms with Gasteiger partial charge in [0.25, 0.3) is 0 Å². The van der Waals surface area contributed by atoms with E-state index in [1.165, 1.54) is 0 Å². The molecule has 0 aromatic heterocycles. The molecule has 2 nitrogen and oxygen atoms in total. The Balaban J connectivity index is 3.47. The van der Waals surface area contributed by atoms with Crippen LogP contribution in [0.15, 0.2) is 12.1 Å². The Bertz CT molecular complexity index is 446. The number of benzene rings is 1. The van der Waals surface area contributed by atoms with Gasteiger partial charge in [0.05, 0.1) is 5.56 Å². The van der Waals surface area contributed by atoms with Gasteiger partial charge in [-0.1, -0.05) is 5.92 Å². The average Bonchev–Trinajstić information content (AvgIpc) is 2.18. The minimum absolute atomic E-state index is 0.0142. The first-order chi connectivity index (χ1) is 7.27. The fourth-order valence-corrected chi connectivity index (χ4v) is 1.31. The van der Waals surface area contributed by atoms with E-state index in [1.54, 1.807) is 6.92 Å². The minimum Gasteiger partial charge on any atom is -0.399 e. The minimum atomic E-state index is -4.59. The molecule has 0 aliphatic rings. The van der Waals surface area contributed by atoms with E-state index in [4.69, 9.17) is 12.2 Å². The van der Waals surface area contributed by atoms with Crippen LogP contribution in [0.4, 0.5) is 18.9 Å². The van der Waals surface area contributed by atoms with Gasteiger partial charge in [-0.2, -0.15) is 13.2 Å². The summed E-state index contributed by atoms with van der Waals surface area (Å²) in [6.07, 6.45) is -1.27. The molecule has 0 radical (unpaired) electrons. The van der Waals surface area contributed by atoms with Crippen molar-refractivity contribution in [3.8, 4) is 12.3 Å². The summed E-state index contributed by atoms with van der Waals surface area (Å²) in [5.74, 6) is 1.86. The zero-order valence-electron chi connectivity index (χ0n) is 8.47. The lowest BCUT2D eigenvalue weighted by molar-refractivity contribution is -0.138. The van der Waals surface area contributed by atoms with Crippen LogP contribution >= 0.6 is 0 Å². The SMILES string of the molecule is C#C[C@H](O)c1cc(C)c(N)cc1C(F)(F)F. The van der Waals surface area contributed by atoms with Crippen molar-refractivity contribution in [2.45, 2.75) is 19.2 Å². The van der Waals surface area contributed by atoms with Crippen molar-refractivity contribution in [3.63, 3.8) is 0 Å². The number of nitrogens with two attached hydrogens (primary N) is 1. The molecule has 1 aromatic carbocycles. The molecular weight excluding hydrogens is 219 g/mol. The third kappa shape index (κ3) is 2.28. The zero-order valence-corrected chi connectivity index (χ0v) is 8.47. The summed E-state index contributed by atoms with van der Waals surface area (Å²) in [6, 6.07) is 1.94. The molecule has 1 rings (SSSR count). The normalized spacial score (nSPS) is 13.2. The van der Waals surface area contributed by atoms with Crippen LogP contribution in [0.5, 0.6) is 0 Å². The van der Waals surface area contributed by atoms with E-state index in [1.807, 2.05) is 5.92 Å². The molecule has 0 bridgehead atoms. The van der Waals surface area contributed by atoms with E-state index in [0.717, 1.165) is 12.1 Å². The van der Waals surface area contributed by atoms with Crippen molar-refractivity contribution < 1.29 is 18.3 Å². The Labute approximate surface area is 90.9 Å². The van der Waals surface area contributed by atoms with Crippen molar-refractivity contribution in [3.05, 3.63) is 28.8 Å². The maximum Gasteiger partial charge on any atom is 0.416 e. The molecule has 0 saturated carbocycles. The van der Waals surface area contributed by atoms with Crippen LogP contribution in [0.25, 0.3) is 0 Å². The second-order valence-electron chi connectivity index (χ2n) is 3.36. The Morgan fingerprint density at radius 3 is 2.44 bits per heavy atom. The molecule has 0 heterocycles. The molecule has 0 aliphatic carbocycles. The monoisotopic (exact) mass is 229 g/mol. The molecule has 86 valence electrons. The van der Waals surface area contributed by atoms with Crippen LogP contribution in [-0.4, -0.2) is 5.11 Å². The predicted molar refractivity (Wildman–Crippen MR) is 54.4 cm³/mol. The quantitative estimate of drug-likeness (QED) is 0.573. The van der Waals surface area contributed by atoms with E-state index >= 15 is 0 Å². The molecule has 5 heteroatoms. The summed E-state index contributed by atoms with van der Waals surface area (Å²) in [4.78, 5) is 0. The second kappa shape index (κ2) is 4.06. The number of hydrogen-bond acceptors (Lipinski definition) is 2. The number of alkyl halides is 3. The Kier molecular flexibility index (Phi) is 3.15. The second-order valence-corrected chi connectivity index (χ2v) is 3.36. The first kappa shape index (κ1) is 12.4. The number of halogens is 3. The van der Waals surface area contributed by atoms with Crippen LogP contribution in [0, 0.1) is 19.3 Å². The highest BCUT2D eigenvalue weighted by molar-refractivity contribution is 5.53. The largest absolute Gasteiger partial charge is 0.416 e. The van der Waals surface area contributed by atoms with Gasteiger partial charge < -0.3 is 10.8 Å². The van der Waals surface area contributed by atoms with Gasteiger partial charge in [0.2, 0.25) is 0 Å². The van der Waals surface area contributed by atoms with E-state index in [0.29, 0.717) is 5.56 Å². The maximum absolute atomic E-state index is 12.6. The van der Waals surface area contributed by atoms with Crippen LogP contribution < -0.4 is 5.73 Å². The first-order valence-corrected chi connectivity index (χ1v) is 4.38. The van der Waals surface area contributed by atoms with E-state index < -0.39 is 17.8 Å². The number of aryl methyl sites for hydroxylation is 1. The molecule has 0 aliphatic heterocycles. The Hall–Kier alpha value is -1.67. The lowest BCUT2D eigenvalue weighted by atomic mass is 9.98. The molecule has 0 saturated heterocycles. The summed E-state index contributed by atoms with van der Waals surface area (Å²) in [6.45, 7) is 1.54. The van der Waals surface area contributed by atoms with Crippen LogP contribution in [0.1, 0.15) is 22.8 Å². The van der Waals surface area contributed by atoms with Crippen LogP contribution in [0.3, 0.4) is 0 Å². The Morgan fingerprint density at radius 1 is 1.44 bits per heavy atom. The topological polar surface area (TPSA) is 46.2 Å². The zero-order chi connectivity index (χ0) is 12.5. The fourth-order valence-electron chi connectivity index (χ4n) is 1.31. The number of hydrogen-bond donors (Lipinski definition) is 2. The van der Waals surface area contributed by atoms with Crippen molar-refractivity contribution >= 4 is 5.69 Å². The predicted octanol–water partition coefficient (Wildman–Crippen LogP) is 2.26. The lowest BCUT2D eigenvalue weighted by Gasteiger charge is -2.16. The van der Waals surface area contributed by atoms with Gasteiger partial charge in [-0.25, -0.2) is 0 Å². The van der Waals surface area contributed by atoms with Gasteiger partial charge in [0.1, 0.15) is 6.10 Å². The van der Waals surface area contributed by atoms with E-state index in [2.05, 4.69) is 0 Å². The average molecular weight is 229 g/mol. The fraction of sp³-hybridized carbons (Fsp3) is 0.273. The third-order valence-electron chi connectivity index (χ3n) is 2.20. The van der Waals surface area contributed by atoms with Gasteiger partial charge in [0.15, 0.2) is 0 Å². The van der Waals surface area contributed by atoms with Gasteiger partial charge in [-0.05, 0) is 24.6 Å². The smallest absolute Gasteiger partial charge is 0.399 e. The molecular formula is C11H10F3NO. The molecule has 16 heavy (non-hydrogen) atoms. The molecule has 1 aromatic rings. The van der Waals surface area contributed by atoms with Gasteiger partial charge >= 0.3 is 6.18 Å². The number of nitrogen functional groups attached to an aromatic ring is 1. The first-order valence-electron chi connectivity index (χ1n) is 4.38. The van der Waals surface area contributed by atoms with Crippen molar-refractivity contribution in [1.82, 2.24) is 0 Å². The molecule has 1 atom stereocenters. The Morgan fingerprint density at radius 2 is 2.00 bits per heavy atom. The molecule has 0 amide bonds. The summed E-state index contributed by atoms with van der Waals surface area (Å²) in [5.41, 5.74) is 4.51. The third-order valence-corrected chi connectivity index (χ3v) is 2.20. The standard InChI is InChI=1S/C11H10F3NO/c1-3-10(16)7-4-6(2)9(15)5-8(7)11(12,13)14/h1,4-5,10,16H,15H2,2H3/t10-/m0/s1. The molecule has 0 fully saturated rings. The summed E-state index contributed by atoms with van der Waals surface area (Å²) < 4.78 is 37.9. The number of aliphatic hydroxyl groups is 1. The number of anilines is 1. The van der Waals surface area contributed by atoms with Crippen molar-refractivity contribution in [1.29, 1.82) is 0 Å². The molecule has 3 N–H and O–H groups in total. The van der Waals surface area contributed by atoms with Gasteiger partial charge in [-0.3, -0.25) is 0 Å². The van der Waals surface area contributed by atoms with Gasteiger partial charge in [0, 0.05) is 11.3 Å². The molecule has 0 spiro atoms. The highest BCUT2D eigenvalue weighted by atomic mass is 19.4. The van der Waals surface area contributed by atoms with Crippen LogP contribution in [-0.2, 0) is 6.18 Å². The maximum atomic E-state index is 12.6. The number of aliphatic hydroxyl groups excluding tert-OH is 1. The van der Waals surface area contributed by atoms with Crippen molar-refractivity contribution in [2.75, 3.05) is 5.73 Å². The summed E-state index contributed by atoms with van der Waals surface area (Å²) in [5, 5.41) is 9.31. The van der Waals surface area contributed by atoms with Crippen molar-refractivity contribution in [2.24, 2.45) is 0 Å². The highest BCUT2D eigenvalue weighted by Crippen LogP contribution is 2.36. The van der Waals surface area contributed by atoms with Crippen LogP contribution in [0.2, 0.25) is 0 Å². The van der Waals surface area contributed by atoms with E-state index in [9.17, 15) is 18.3 Å². The van der Waals surface area contributed by atoms with Gasteiger partial charge in [-0.15, -0.1) is 6.42 Å². The summed E-state index contributed by atoms with van der Waals surface area (Å²) >= 11 is 0.